The molecule has 0 spiro atoms. The van der Waals surface area contributed by atoms with Gasteiger partial charge in [-0.15, -0.1) is 0 Å². The Morgan fingerprint density at radius 2 is 0.800 bits per heavy atom. The first-order valence-corrected chi connectivity index (χ1v) is 26.0. The molecule has 17 heteroatoms. The van der Waals surface area contributed by atoms with Gasteiger partial charge in [-0.3, -0.25) is 14.4 Å². The molecule has 3 aromatic heterocycles. The van der Waals surface area contributed by atoms with Crippen LogP contribution in [0.2, 0.25) is 0 Å². The van der Waals surface area contributed by atoms with Crippen molar-refractivity contribution in [2.24, 2.45) is 17.8 Å². The molecule has 0 saturated carbocycles. The van der Waals surface area contributed by atoms with Crippen molar-refractivity contribution in [2.45, 2.75) is 71.7 Å². The Hall–Kier alpha value is -9.51. The number of rotatable bonds is 20. The SMILES string of the molecule is CC(=O)C(COC(=O)c1cncn1[C@H](C)c1ccccc1)C1C=COC=C1.CC(=O)C(COC(=O)c1cncn1[C@H](C)c1ccccc1)c1ccccc1.CC(=O)C(OC(=O)c1cncn1[C@H](C)c1ccccc1)C1C=COC=C1. The Bertz CT molecular complexity index is 3270. The Balaban J connectivity index is 0.000000173. The van der Waals surface area contributed by atoms with E-state index in [1.54, 1.807) is 57.0 Å². The van der Waals surface area contributed by atoms with E-state index >= 15 is 0 Å². The molecule has 0 amide bonds. The number of aromatic nitrogens is 6. The number of allylic oxidation sites excluding steroid dienone is 2. The number of imidazole rings is 3. The average molecular weight is 1080 g/mol. The summed E-state index contributed by atoms with van der Waals surface area (Å²) < 4.78 is 31.7. The zero-order valence-corrected chi connectivity index (χ0v) is 45.3. The summed E-state index contributed by atoms with van der Waals surface area (Å²) in [6.45, 7) is 10.4. The van der Waals surface area contributed by atoms with Crippen LogP contribution in [-0.2, 0) is 38.1 Å². The summed E-state index contributed by atoms with van der Waals surface area (Å²) in [6.07, 6.45) is 21.3. The Labute approximate surface area is 464 Å². The van der Waals surface area contributed by atoms with Crippen molar-refractivity contribution in [3.05, 3.63) is 248 Å². The molecule has 6 atom stereocenters. The number of esters is 3. The third-order valence-electron chi connectivity index (χ3n) is 13.7. The molecule has 5 heterocycles. The Morgan fingerprint density at radius 3 is 1.16 bits per heavy atom. The molecule has 3 unspecified atom stereocenters. The van der Waals surface area contributed by atoms with E-state index in [0.29, 0.717) is 17.1 Å². The van der Waals surface area contributed by atoms with E-state index < -0.39 is 35.8 Å². The number of Topliss-reactive ketones (excluding diaryl/α,β-unsaturated/α-hetero) is 3. The summed E-state index contributed by atoms with van der Waals surface area (Å²) in [6, 6.07) is 38.6. The summed E-state index contributed by atoms with van der Waals surface area (Å²) in [5.74, 6) is -3.33. The van der Waals surface area contributed by atoms with Crippen LogP contribution in [0.25, 0.3) is 0 Å². The van der Waals surface area contributed by atoms with Gasteiger partial charge in [0.15, 0.2) is 11.9 Å². The van der Waals surface area contributed by atoms with Crippen LogP contribution < -0.4 is 0 Å². The van der Waals surface area contributed by atoms with Crippen LogP contribution in [-0.4, -0.2) is 83.2 Å². The van der Waals surface area contributed by atoms with Crippen LogP contribution in [0.4, 0.5) is 0 Å². The van der Waals surface area contributed by atoms with E-state index in [4.69, 9.17) is 23.7 Å². The molecule has 2 aliphatic rings. The van der Waals surface area contributed by atoms with Crippen LogP contribution >= 0.6 is 0 Å². The lowest BCUT2D eigenvalue weighted by Crippen LogP contribution is -2.32. The van der Waals surface area contributed by atoms with Crippen molar-refractivity contribution in [2.75, 3.05) is 13.2 Å². The first-order chi connectivity index (χ1) is 38.7. The van der Waals surface area contributed by atoms with E-state index in [0.717, 1.165) is 22.3 Å². The highest BCUT2D eigenvalue weighted by Crippen LogP contribution is 2.26. The molecule has 0 radical (unpaired) electrons. The lowest BCUT2D eigenvalue weighted by atomic mass is 9.89. The third-order valence-corrected chi connectivity index (χ3v) is 13.7. The summed E-state index contributed by atoms with van der Waals surface area (Å²) in [5, 5.41) is 0. The van der Waals surface area contributed by atoms with Crippen LogP contribution in [0.1, 0.15) is 119 Å². The van der Waals surface area contributed by atoms with Crippen molar-refractivity contribution in [1.29, 1.82) is 0 Å². The van der Waals surface area contributed by atoms with Gasteiger partial charge in [0, 0.05) is 11.8 Å². The molecule has 412 valence electrons. The molecule has 0 N–H and O–H groups in total. The van der Waals surface area contributed by atoms with E-state index in [-0.39, 0.29) is 60.5 Å². The molecule has 80 heavy (non-hydrogen) atoms. The Kier molecular flexibility index (Phi) is 20.9. The number of ether oxygens (including phenoxy) is 5. The van der Waals surface area contributed by atoms with Crippen LogP contribution in [0, 0.1) is 17.8 Å². The standard InChI is InChI=1S/C22H22N2O3.C21H22N2O4.C20H20N2O4/c1-16(18-9-5-3-6-10-18)24-15-23-13-21(24)22(26)27-14-20(17(2)25)19-11-7-4-8-12-19;1-15(17-6-4-3-5-7-17)23-14-22-12-20(23)21(25)27-13-19(16(2)24)18-8-10-26-11-9-18;1-14(16-6-4-3-5-7-16)22-13-21-12-18(22)20(24)26-19(15(2)23)17-8-10-25-11-9-17/h3-13,15-16,20H,14H2,1-2H3;3-12,14-15,18-19H,13H2,1-2H3;3-14,17,19H,1-2H3/t16-,20?;15-,19?;14-,19?/m111/s1. The summed E-state index contributed by atoms with van der Waals surface area (Å²) in [7, 11) is 0. The van der Waals surface area contributed by atoms with Gasteiger partial charge >= 0.3 is 17.9 Å². The fraction of sp³-hybridized carbons (Fsp3) is 0.254. The van der Waals surface area contributed by atoms with E-state index in [9.17, 15) is 28.8 Å². The lowest BCUT2D eigenvalue weighted by molar-refractivity contribution is -0.127. The second-order valence-corrected chi connectivity index (χ2v) is 19.0. The first-order valence-electron chi connectivity index (χ1n) is 26.0. The van der Waals surface area contributed by atoms with Crippen LogP contribution in [0.15, 0.2) is 208 Å². The fourth-order valence-electron chi connectivity index (χ4n) is 8.94. The van der Waals surface area contributed by atoms with Gasteiger partial charge in [-0.1, -0.05) is 121 Å². The highest BCUT2D eigenvalue weighted by molar-refractivity contribution is 5.91. The van der Waals surface area contributed by atoms with E-state index in [1.807, 2.05) is 142 Å². The van der Waals surface area contributed by atoms with Crippen molar-refractivity contribution in [3.63, 3.8) is 0 Å². The normalized spacial score (nSPS) is 14.9. The third kappa shape index (κ3) is 15.4. The molecular weight excluding hydrogens is 1020 g/mol. The number of carbonyl (C=O) groups excluding carboxylic acids is 6. The molecule has 9 rings (SSSR count). The minimum absolute atomic E-state index is 0.00158. The predicted octanol–water partition coefficient (Wildman–Crippen LogP) is 10.8. The molecule has 7 aromatic rings. The second kappa shape index (κ2) is 28.7. The number of hydrogen-bond donors (Lipinski definition) is 0. The molecule has 0 fully saturated rings. The number of hydrogen-bond acceptors (Lipinski definition) is 14. The van der Waals surface area contributed by atoms with Gasteiger partial charge in [0.05, 0.1) is 92.6 Å². The second-order valence-electron chi connectivity index (χ2n) is 19.0. The highest BCUT2D eigenvalue weighted by atomic mass is 16.6. The molecule has 0 aliphatic carbocycles. The van der Waals surface area contributed by atoms with Crippen LogP contribution in [0.5, 0.6) is 0 Å². The minimum Gasteiger partial charge on any atom is -0.473 e. The maximum absolute atomic E-state index is 12.7. The predicted molar refractivity (Wildman–Crippen MR) is 298 cm³/mol. The molecule has 2 aliphatic heterocycles. The topological polar surface area (TPSA) is 202 Å². The quantitative estimate of drug-likeness (QED) is 0.0515. The molecule has 4 aromatic carbocycles. The highest BCUT2D eigenvalue weighted by Gasteiger charge is 2.31. The van der Waals surface area contributed by atoms with Gasteiger partial charge in [0.2, 0.25) is 0 Å². The van der Waals surface area contributed by atoms with Crippen LogP contribution in [0.3, 0.4) is 0 Å². The fourth-order valence-corrected chi connectivity index (χ4v) is 8.94. The van der Waals surface area contributed by atoms with Gasteiger partial charge in [0.25, 0.3) is 0 Å². The first kappa shape index (κ1) is 58.2. The van der Waals surface area contributed by atoms with Gasteiger partial charge in [-0.05, 0) is 88.1 Å². The maximum Gasteiger partial charge on any atom is 0.357 e. The average Bonchev–Trinajstić information content (AvgIpc) is 4.31. The van der Waals surface area contributed by atoms with Gasteiger partial charge in [-0.2, -0.15) is 0 Å². The van der Waals surface area contributed by atoms with Gasteiger partial charge < -0.3 is 37.4 Å². The number of ketones is 3. The molecular formula is C63H64N6O11. The van der Waals surface area contributed by atoms with Crippen molar-refractivity contribution in [3.8, 4) is 0 Å². The van der Waals surface area contributed by atoms with Crippen molar-refractivity contribution < 1.29 is 52.5 Å². The monoisotopic (exact) mass is 1080 g/mol. The van der Waals surface area contributed by atoms with Gasteiger partial charge in [0.1, 0.15) is 41.9 Å². The van der Waals surface area contributed by atoms with Crippen molar-refractivity contribution >= 4 is 35.3 Å². The molecule has 17 nitrogen and oxygen atoms in total. The molecule has 0 saturated heterocycles. The Morgan fingerprint density at radius 1 is 0.450 bits per heavy atom. The zero-order chi connectivity index (χ0) is 57.0. The number of nitrogens with zero attached hydrogens (tertiary/aromatic N) is 6. The van der Waals surface area contributed by atoms with E-state index in [1.165, 1.54) is 64.4 Å². The van der Waals surface area contributed by atoms with E-state index in [2.05, 4.69) is 15.0 Å². The summed E-state index contributed by atoms with van der Waals surface area (Å²) in [4.78, 5) is 86.2. The van der Waals surface area contributed by atoms with Crippen molar-refractivity contribution in [1.82, 2.24) is 28.7 Å². The molecule has 0 bridgehead atoms. The number of benzene rings is 4. The summed E-state index contributed by atoms with van der Waals surface area (Å²) in [5.41, 5.74) is 5.02. The number of carbonyl (C=O) groups is 6. The largest absolute Gasteiger partial charge is 0.473 e. The smallest absolute Gasteiger partial charge is 0.357 e. The minimum atomic E-state index is -0.908. The maximum atomic E-state index is 12.7. The zero-order valence-electron chi connectivity index (χ0n) is 45.3. The summed E-state index contributed by atoms with van der Waals surface area (Å²) >= 11 is 0. The van der Waals surface area contributed by atoms with Gasteiger partial charge in [-0.25, -0.2) is 29.3 Å². The lowest BCUT2D eigenvalue weighted by Gasteiger charge is -2.22.